The number of hydrogen-bond donors (Lipinski definition) is 1. The molecule has 2 saturated heterocycles. The largest absolute Gasteiger partial charge is 0.493 e. The topological polar surface area (TPSA) is 53.0 Å². The van der Waals surface area contributed by atoms with Crippen molar-refractivity contribution in [3.8, 4) is 16.9 Å². The highest BCUT2D eigenvalue weighted by Crippen LogP contribution is 2.25. The van der Waals surface area contributed by atoms with E-state index in [0.29, 0.717) is 37.7 Å². The molecule has 2 fully saturated rings. The molecule has 4 rings (SSSR count). The quantitative estimate of drug-likeness (QED) is 0.635. The third kappa shape index (κ3) is 6.80. The Morgan fingerprint density at radius 3 is 2.21 bits per heavy atom. The van der Waals surface area contributed by atoms with E-state index in [1.54, 1.807) is 18.7 Å². The molecule has 34 heavy (non-hydrogen) atoms. The van der Waals surface area contributed by atoms with Crippen molar-refractivity contribution in [2.75, 3.05) is 39.3 Å². The van der Waals surface area contributed by atoms with Crippen molar-refractivity contribution in [1.82, 2.24) is 9.80 Å². The number of likely N-dealkylation sites (tertiary alicyclic amines) is 2. The SMILES string of the molecule is CC(C)(F)CN1CCC(COc2ccc(-c3ccc(C(=O)N4CCC[C@@H](O)C4)cc3)cc2)CC1. The average Bonchev–Trinajstić information content (AvgIpc) is 2.83. The molecule has 184 valence electrons. The van der Waals surface area contributed by atoms with Crippen LogP contribution in [0.3, 0.4) is 0 Å². The molecule has 1 N–H and O–H groups in total. The molecule has 0 radical (unpaired) electrons. The van der Waals surface area contributed by atoms with Gasteiger partial charge in [-0.3, -0.25) is 4.79 Å². The third-order valence-corrected chi connectivity index (χ3v) is 6.80. The summed E-state index contributed by atoms with van der Waals surface area (Å²) < 4.78 is 19.9. The van der Waals surface area contributed by atoms with Crippen molar-refractivity contribution in [2.45, 2.75) is 51.3 Å². The molecule has 0 unspecified atom stereocenters. The molecule has 5 nitrogen and oxygen atoms in total. The monoisotopic (exact) mass is 468 g/mol. The molecule has 1 amide bonds. The Labute approximate surface area is 202 Å². The van der Waals surface area contributed by atoms with Gasteiger partial charge in [-0.2, -0.15) is 0 Å². The van der Waals surface area contributed by atoms with Gasteiger partial charge in [0.05, 0.1) is 12.7 Å². The zero-order valence-electron chi connectivity index (χ0n) is 20.4. The van der Waals surface area contributed by atoms with Crippen molar-refractivity contribution < 1.29 is 19.0 Å². The number of hydrogen-bond acceptors (Lipinski definition) is 4. The highest BCUT2D eigenvalue weighted by molar-refractivity contribution is 5.94. The summed E-state index contributed by atoms with van der Waals surface area (Å²) in [6.45, 7) is 7.44. The van der Waals surface area contributed by atoms with Crippen LogP contribution in [0.25, 0.3) is 11.1 Å². The summed E-state index contributed by atoms with van der Waals surface area (Å²) in [6.07, 6.45) is 3.27. The number of β-amino-alcohol motifs (C(OH)–C–C–N with tert-alkyl or cyclic N) is 1. The van der Waals surface area contributed by atoms with E-state index >= 15 is 0 Å². The fourth-order valence-corrected chi connectivity index (χ4v) is 4.93. The number of amides is 1. The van der Waals surface area contributed by atoms with Gasteiger partial charge in [0.1, 0.15) is 11.4 Å². The van der Waals surface area contributed by atoms with Crippen LogP contribution in [0, 0.1) is 5.92 Å². The van der Waals surface area contributed by atoms with Gasteiger partial charge in [-0.1, -0.05) is 24.3 Å². The Morgan fingerprint density at radius 1 is 1.00 bits per heavy atom. The second-order valence-corrected chi connectivity index (χ2v) is 10.4. The minimum absolute atomic E-state index is 0.0201. The predicted octanol–water partition coefficient (Wildman–Crippen LogP) is 4.79. The number of halogens is 1. The highest BCUT2D eigenvalue weighted by atomic mass is 19.1. The Hall–Kier alpha value is -2.44. The molecule has 1 atom stereocenters. The van der Waals surface area contributed by atoms with E-state index in [1.165, 1.54) is 0 Å². The maximum atomic E-state index is 13.8. The van der Waals surface area contributed by atoms with E-state index in [9.17, 15) is 14.3 Å². The fourth-order valence-electron chi connectivity index (χ4n) is 4.93. The van der Waals surface area contributed by atoms with Crippen LogP contribution >= 0.6 is 0 Å². The minimum Gasteiger partial charge on any atom is -0.493 e. The summed E-state index contributed by atoms with van der Waals surface area (Å²) in [5.74, 6) is 1.34. The molecule has 2 aliphatic heterocycles. The lowest BCUT2D eigenvalue weighted by molar-refractivity contribution is 0.0474. The van der Waals surface area contributed by atoms with Gasteiger partial charge >= 0.3 is 0 Å². The van der Waals surface area contributed by atoms with E-state index in [2.05, 4.69) is 4.90 Å². The van der Waals surface area contributed by atoms with Gasteiger partial charge in [-0.25, -0.2) is 4.39 Å². The van der Waals surface area contributed by atoms with Crippen LogP contribution in [-0.2, 0) is 0 Å². The summed E-state index contributed by atoms with van der Waals surface area (Å²) >= 11 is 0. The van der Waals surface area contributed by atoms with Gasteiger partial charge in [0.25, 0.3) is 5.91 Å². The van der Waals surface area contributed by atoms with Gasteiger partial charge in [-0.15, -0.1) is 0 Å². The van der Waals surface area contributed by atoms with Crippen LogP contribution in [0.5, 0.6) is 5.75 Å². The van der Waals surface area contributed by atoms with Gasteiger partial charge in [-0.05, 0) is 93.9 Å². The predicted molar refractivity (Wildman–Crippen MR) is 133 cm³/mol. The Kier molecular flexibility index (Phi) is 7.89. The van der Waals surface area contributed by atoms with Crippen LogP contribution in [0.15, 0.2) is 48.5 Å². The van der Waals surface area contributed by atoms with Crippen molar-refractivity contribution in [2.24, 2.45) is 5.92 Å². The molecule has 0 spiro atoms. The van der Waals surface area contributed by atoms with E-state index in [4.69, 9.17) is 4.74 Å². The van der Waals surface area contributed by atoms with Crippen LogP contribution in [0.2, 0.25) is 0 Å². The highest BCUT2D eigenvalue weighted by Gasteiger charge is 2.26. The van der Waals surface area contributed by atoms with E-state index < -0.39 is 11.8 Å². The number of alkyl halides is 1. The summed E-state index contributed by atoms with van der Waals surface area (Å²) in [5, 5.41) is 9.83. The zero-order chi connectivity index (χ0) is 24.1. The number of piperidine rings is 2. The lowest BCUT2D eigenvalue weighted by atomic mass is 9.97. The normalized spacial score (nSPS) is 20.4. The molecule has 2 aromatic rings. The van der Waals surface area contributed by atoms with Gasteiger partial charge in [0.2, 0.25) is 0 Å². The van der Waals surface area contributed by atoms with Crippen LogP contribution in [0.4, 0.5) is 4.39 Å². The lowest BCUT2D eigenvalue weighted by Gasteiger charge is -2.34. The lowest BCUT2D eigenvalue weighted by Crippen LogP contribution is -2.42. The van der Waals surface area contributed by atoms with Crippen molar-refractivity contribution in [1.29, 1.82) is 0 Å². The maximum absolute atomic E-state index is 13.8. The van der Waals surface area contributed by atoms with Crippen molar-refractivity contribution in [3.05, 3.63) is 54.1 Å². The molecule has 6 heteroatoms. The van der Waals surface area contributed by atoms with Crippen LogP contribution in [0.1, 0.15) is 49.9 Å². The average molecular weight is 469 g/mol. The second-order valence-electron chi connectivity index (χ2n) is 10.4. The van der Waals surface area contributed by atoms with Gasteiger partial charge in [0.15, 0.2) is 0 Å². The first-order chi connectivity index (χ1) is 16.3. The second kappa shape index (κ2) is 10.9. The number of ether oxygens (including phenoxy) is 1. The van der Waals surface area contributed by atoms with Gasteiger partial charge in [0, 0.05) is 25.2 Å². The number of benzene rings is 2. The first kappa shape index (κ1) is 24.7. The smallest absolute Gasteiger partial charge is 0.253 e. The molecule has 0 bridgehead atoms. The number of carbonyl (C=O) groups excluding carboxylic acids is 1. The standard InChI is InChI=1S/C28H37FN2O3/c1-28(2,29)20-30-16-13-21(14-17-30)19-34-26-11-9-23(10-12-26)22-5-7-24(8-6-22)27(33)31-15-3-4-25(32)18-31/h5-12,21,25,32H,3-4,13-20H2,1-2H3/t25-/m1/s1. The number of aliphatic hydroxyl groups is 1. The fraction of sp³-hybridized carbons (Fsp3) is 0.536. The molecule has 2 heterocycles. The first-order valence-corrected chi connectivity index (χ1v) is 12.5. The maximum Gasteiger partial charge on any atom is 0.253 e. The molecule has 0 aliphatic carbocycles. The Bertz CT molecular complexity index is 932. The number of nitrogens with zero attached hydrogens (tertiary/aromatic N) is 2. The summed E-state index contributed by atoms with van der Waals surface area (Å²) in [4.78, 5) is 16.6. The summed E-state index contributed by atoms with van der Waals surface area (Å²) in [6, 6.07) is 15.7. The summed E-state index contributed by atoms with van der Waals surface area (Å²) in [5.41, 5.74) is 1.63. The Balaban J connectivity index is 1.26. The molecular formula is C28H37FN2O3. The Morgan fingerprint density at radius 2 is 1.62 bits per heavy atom. The van der Waals surface area contributed by atoms with Crippen LogP contribution < -0.4 is 4.74 Å². The number of carbonyl (C=O) groups is 1. The van der Waals surface area contributed by atoms with Crippen LogP contribution in [-0.4, -0.2) is 71.9 Å². The molecular weight excluding hydrogens is 431 g/mol. The molecule has 0 saturated carbocycles. The van der Waals surface area contributed by atoms with Crippen molar-refractivity contribution >= 4 is 5.91 Å². The first-order valence-electron chi connectivity index (χ1n) is 12.5. The van der Waals surface area contributed by atoms with E-state index in [0.717, 1.165) is 55.6 Å². The summed E-state index contributed by atoms with van der Waals surface area (Å²) in [7, 11) is 0. The van der Waals surface area contributed by atoms with E-state index in [1.807, 2.05) is 48.5 Å². The molecule has 0 aromatic heterocycles. The van der Waals surface area contributed by atoms with Gasteiger partial charge < -0.3 is 19.6 Å². The minimum atomic E-state index is -1.14. The van der Waals surface area contributed by atoms with Crippen molar-refractivity contribution in [3.63, 3.8) is 0 Å². The molecule has 2 aliphatic rings. The third-order valence-electron chi connectivity index (χ3n) is 6.80. The number of aliphatic hydroxyl groups excluding tert-OH is 1. The molecule has 2 aromatic carbocycles. The zero-order valence-corrected chi connectivity index (χ0v) is 20.4. The van der Waals surface area contributed by atoms with E-state index in [-0.39, 0.29) is 5.91 Å². The number of rotatable bonds is 7.